The molecule has 0 bridgehead atoms. The molecule has 0 radical (unpaired) electrons. The highest BCUT2D eigenvalue weighted by molar-refractivity contribution is 7.21. The van der Waals surface area contributed by atoms with E-state index in [0.29, 0.717) is 10.6 Å². The largest absolute Gasteiger partial charge is 0.397 e. The number of anilines is 1. The predicted octanol–water partition coefficient (Wildman–Crippen LogP) is 4.44. The van der Waals surface area contributed by atoms with Crippen LogP contribution in [0, 0.1) is 12.7 Å². The van der Waals surface area contributed by atoms with E-state index in [1.165, 1.54) is 34.6 Å². The monoisotopic (exact) mass is 340 g/mol. The zero-order valence-electron chi connectivity index (χ0n) is 13.4. The molecule has 0 fully saturated rings. The van der Waals surface area contributed by atoms with Crippen molar-refractivity contribution in [2.75, 3.05) is 5.73 Å². The lowest BCUT2D eigenvalue weighted by Gasteiger charge is -2.18. The van der Waals surface area contributed by atoms with Gasteiger partial charge in [0.1, 0.15) is 15.5 Å². The number of carbonyl (C=O) groups is 1. The van der Waals surface area contributed by atoms with Gasteiger partial charge in [-0.05, 0) is 55.9 Å². The van der Waals surface area contributed by atoms with E-state index in [1.807, 2.05) is 6.92 Å². The summed E-state index contributed by atoms with van der Waals surface area (Å²) in [5, 5.41) is 0.903. The van der Waals surface area contributed by atoms with Crippen molar-refractivity contribution in [3.05, 3.63) is 57.3 Å². The van der Waals surface area contributed by atoms with E-state index in [0.717, 1.165) is 41.6 Å². The van der Waals surface area contributed by atoms with Crippen molar-refractivity contribution in [2.24, 2.45) is 0 Å². The van der Waals surface area contributed by atoms with Gasteiger partial charge in [-0.3, -0.25) is 4.79 Å². The van der Waals surface area contributed by atoms with Crippen LogP contribution in [0.1, 0.15) is 44.9 Å². The van der Waals surface area contributed by atoms with Gasteiger partial charge >= 0.3 is 0 Å². The lowest BCUT2D eigenvalue weighted by Crippen LogP contribution is -2.08. The van der Waals surface area contributed by atoms with Gasteiger partial charge in [0.05, 0.1) is 11.3 Å². The Morgan fingerprint density at radius 1 is 1.21 bits per heavy atom. The number of nitrogens with two attached hydrogens (primary N) is 1. The van der Waals surface area contributed by atoms with Crippen LogP contribution in [0.4, 0.5) is 10.1 Å². The van der Waals surface area contributed by atoms with Crippen molar-refractivity contribution in [2.45, 2.75) is 32.6 Å². The van der Waals surface area contributed by atoms with Crippen LogP contribution in [0.3, 0.4) is 0 Å². The van der Waals surface area contributed by atoms with Gasteiger partial charge in [-0.15, -0.1) is 11.3 Å². The van der Waals surface area contributed by atoms with Gasteiger partial charge < -0.3 is 5.73 Å². The van der Waals surface area contributed by atoms with E-state index in [4.69, 9.17) is 5.73 Å². The number of hydrogen-bond donors (Lipinski definition) is 1. The first kappa shape index (κ1) is 15.3. The number of fused-ring (bicyclic) bond motifs is 3. The number of halogens is 1. The summed E-state index contributed by atoms with van der Waals surface area (Å²) in [5.41, 5.74) is 10.3. The van der Waals surface area contributed by atoms with Gasteiger partial charge in [0, 0.05) is 11.1 Å². The highest BCUT2D eigenvalue weighted by atomic mass is 32.1. The molecular formula is C19H17FN2OS. The van der Waals surface area contributed by atoms with E-state index in [1.54, 1.807) is 12.1 Å². The van der Waals surface area contributed by atoms with Gasteiger partial charge in [-0.2, -0.15) is 0 Å². The van der Waals surface area contributed by atoms with E-state index in [-0.39, 0.29) is 11.3 Å². The van der Waals surface area contributed by atoms with Crippen LogP contribution < -0.4 is 5.73 Å². The number of pyridine rings is 1. The zero-order valence-corrected chi connectivity index (χ0v) is 14.2. The normalized spacial score (nSPS) is 13.9. The fourth-order valence-corrected chi connectivity index (χ4v) is 4.66. The molecule has 2 N–H and O–H groups in total. The van der Waals surface area contributed by atoms with E-state index < -0.39 is 5.82 Å². The molecule has 0 saturated heterocycles. The molecule has 0 atom stereocenters. The summed E-state index contributed by atoms with van der Waals surface area (Å²) in [6.45, 7) is 2.01. The molecular weight excluding hydrogens is 323 g/mol. The third-order valence-electron chi connectivity index (χ3n) is 4.73. The Hall–Kier alpha value is -2.27. The number of hydrogen-bond acceptors (Lipinski definition) is 4. The second-order valence-corrected chi connectivity index (χ2v) is 7.19. The smallest absolute Gasteiger partial charge is 0.208 e. The average Bonchev–Trinajstić information content (AvgIpc) is 2.91. The molecule has 1 aliphatic rings. The summed E-state index contributed by atoms with van der Waals surface area (Å²) in [4.78, 5) is 18.6. The lowest BCUT2D eigenvalue weighted by molar-refractivity contribution is 0.103. The van der Waals surface area contributed by atoms with Crippen molar-refractivity contribution in [1.29, 1.82) is 0 Å². The van der Waals surface area contributed by atoms with Gasteiger partial charge in [0.15, 0.2) is 0 Å². The molecule has 1 aromatic carbocycles. The summed E-state index contributed by atoms with van der Waals surface area (Å²) < 4.78 is 14.0. The Kier molecular flexibility index (Phi) is 3.61. The maximum absolute atomic E-state index is 14.0. The molecule has 1 aliphatic carbocycles. The highest BCUT2D eigenvalue weighted by Gasteiger charge is 2.25. The van der Waals surface area contributed by atoms with Crippen LogP contribution in [-0.2, 0) is 12.8 Å². The Labute approximate surface area is 143 Å². The van der Waals surface area contributed by atoms with Crippen molar-refractivity contribution in [3.63, 3.8) is 0 Å². The second kappa shape index (κ2) is 5.67. The third kappa shape index (κ3) is 2.23. The van der Waals surface area contributed by atoms with Crippen molar-refractivity contribution >= 4 is 33.0 Å². The molecule has 3 aromatic rings. The predicted molar refractivity (Wildman–Crippen MR) is 95.2 cm³/mol. The summed E-state index contributed by atoms with van der Waals surface area (Å²) in [7, 11) is 0. The Morgan fingerprint density at radius 3 is 2.67 bits per heavy atom. The molecule has 0 amide bonds. The highest BCUT2D eigenvalue weighted by Crippen LogP contribution is 2.40. The number of thiophene rings is 1. The van der Waals surface area contributed by atoms with Crippen molar-refractivity contribution in [3.8, 4) is 0 Å². The van der Waals surface area contributed by atoms with E-state index in [2.05, 4.69) is 4.98 Å². The SMILES string of the molecule is Cc1nc2sc(C(=O)c3ccccc3F)c(N)c2c2c1CCCC2. The minimum atomic E-state index is -0.523. The van der Waals surface area contributed by atoms with E-state index in [9.17, 15) is 9.18 Å². The Bertz CT molecular complexity index is 977. The fourth-order valence-electron chi connectivity index (χ4n) is 3.54. The molecule has 2 aromatic heterocycles. The molecule has 0 unspecified atom stereocenters. The number of aromatic nitrogens is 1. The molecule has 24 heavy (non-hydrogen) atoms. The average molecular weight is 340 g/mol. The number of benzene rings is 1. The number of carbonyl (C=O) groups excluding carboxylic acids is 1. The lowest BCUT2D eigenvalue weighted by atomic mass is 9.89. The standard InChI is InChI=1S/C19H17FN2OS/c1-10-11-6-2-3-7-12(11)15-16(21)18(24-19(15)22-10)17(23)13-8-4-5-9-14(13)20/h4-5,8-9H,2-3,6-7,21H2,1H3. The van der Waals surface area contributed by atoms with Crippen molar-refractivity contribution < 1.29 is 9.18 Å². The van der Waals surface area contributed by atoms with E-state index >= 15 is 0 Å². The summed E-state index contributed by atoms with van der Waals surface area (Å²) >= 11 is 1.27. The fraction of sp³-hybridized carbons (Fsp3) is 0.263. The number of ketones is 1. The Balaban J connectivity index is 1.94. The number of nitrogens with zero attached hydrogens (tertiary/aromatic N) is 1. The molecule has 0 spiro atoms. The molecule has 3 nitrogen and oxygen atoms in total. The quantitative estimate of drug-likeness (QED) is 0.702. The molecule has 0 saturated carbocycles. The first-order valence-electron chi connectivity index (χ1n) is 8.07. The molecule has 5 heteroatoms. The maximum atomic E-state index is 14.0. The molecule has 2 heterocycles. The molecule has 0 aliphatic heterocycles. The number of aryl methyl sites for hydroxylation is 2. The third-order valence-corrected chi connectivity index (χ3v) is 5.83. The molecule has 4 rings (SSSR count). The maximum Gasteiger partial charge on any atom is 0.208 e. The van der Waals surface area contributed by atoms with Crippen LogP contribution in [-0.4, -0.2) is 10.8 Å². The van der Waals surface area contributed by atoms with Gasteiger partial charge in [-0.25, -0.2) is 9.37 Å². The van der Waals surface area contributed by atoms with Crippen LogP contribution in [0.25, 0.3) is 10.2 Å². The van der Waals surface area contributed by atoms with Gasteiger partial charge in [0.2, 0.25) is 5.78 Å². The second-order valence-electron chi connectivity index (χ2n) is 6.20. The Morgan fingerprint density at radius 2 is 1.92 bits per heavy atom. The van der Waals surface area contributed by atoms with Crippen molar-refractivity contribution in [1.82, 2.24) is 4.98 Å². The number of rotatable bonds is 2. The molecule has 122 valence electrons. The van der Waals surface area contributed by atoms with Gasteiger partial charge in [-0.1, -0.05) is 12.1 Å². The minimum Gasteiger partial charge on any atom is -0.397 e. The van der Waals surface area contributed by atoms with Crippen LogP contribution in [0.2, 0.25) is 0 Å². The summed E-state index contributed by atoms with van der Waals surface area (Å²) in [6.07, 6.45) is 4.25. The van der Waals surface area contributed by atoms with Crippen LogP contribution >= 0.6 is 11.3 Å². The topological polar surface area (TPSA) is 56.0 Å². The van der Waals surface area contributed by atoms with Crippen LogP contribution in [0.15, 0.2) is 24.3 Å². The summed E-state index contributed by atoms with van der Waals surface area (Å²) in [5.74, 6) is -0.888. The zero-order chi connectivity index (χ0) is 16.8. The number of nitrogen functional groups attached to an aromatic ring is 1. The first-order chi connectivity index (χ1) is 11.6. The van der Waals surface area contributed by atoms with Gasteiger partial charge in [0.25, 0.3) is 0 Å². The first-order valence-corrected chi connectivity index (χ1v) is 8.89. The minimum absolute atomic E-state index is 0.0568. The summed E-state index contributed by atoms with van der Waals surface area (Å²) in [6, 6.07) is 6.02. The van der Waals surface area contributed by atoms with Crippen LogP contribution in [0.5, 0.6) is 0 Å².